The van der Waals surface area contributed by atoms with Gasteiger partial charge in [0.2, 0.25) is 5.88 Å². The van der Waals surface area contributed by atoms with E-state index in [2.05, 4.69) is 4.98 Å². The first-order chi connectivity index (χ1) is 14.7. The molecule has 0 aromatic carbocycles. The molecular weight excluding hydrogens is 421 g/mol. The van der Waals surface area contributed by atoms with E-state index in [1.54, 1.807) is 18.3 Å². The highest BCUT2D eigenvalue weighted by atomic mass is 19.4. The molecule has 1 N–H and O–H groups in total. The van der Waals surface area contributed by atoms with Gasteiger partial charge in [-0.15, -0.1) is 0 Å². The highest BCUT2D eigenvalue weighted by Crippen LogP contribution is 2.32. The number of hydrogen-bond donors (Lipinski definition) is 1. The fourth-order valence-electron chi connectivity index (χ4n) is 3.51. The lowest BCUT2D eigenvalue weighted by Gasteiger charge is -2.31. The second-order valence-electron chi connectivity index (χ2n) is 7.04. The number of hydrogen-bond acceptors (Lipinski definition) is 6. The second kappa shape index (κ2) is 9.38. The number of fused-ring (bicyclic) bond motifs is 1. The first-order valence-electron chi connectivity index (χ1n) is 9.53. The van der Waals surface area contributed by atoms with Crippen LogP contribution in [0.3, 0.4) is 0 Å². The number of alkyl halides is 3. The van der Waals surface area contributed by atoms with E-state index in [0.29, 0.717) is 24.8 Å². The molecular formula is C20H21F3N2O6. The minimum Gasteiger partial charge on any atom is -0.475 e. The molecule has 11 heteroatoms. The molecule has 4 heterocycles. The van der Waals surface area contributed by atoms with Crippen molar-refractivity contribution in [1.29, 1.82) is 0 Å². The van der Waals surface area contributed by atoms with Crippen molar-refractivity contribution in [3.05, 3.63) is 48.0 Å². The van der Waals surface area contributed by atoms with Crippen LogP contribution in [-0.4, -0.2) is 64.4 Å². The third-order valence-electron chi connectivity index (χ3n) is 4.84. The van der Waals surface area contributed by atoms with Gasteiger partial charge in [-0.1, -0.05) is 6.07 Å². The van der Waals surface area contributed by atoms with Crippen molar-refractivity contribution >= 4 is 11.9 Å². The molecule has 0 unspecified atom stereocenters. The van der Waals surface area contributed by atoms with Crippen LogP contribution in [0.25, 0.3) is 0 Å². The summed E-state index contributed by atoms with van der Waals surface area (Å²) in [5.41, 5.74) is 0. The molecule has 168 valence electrons. The lowest BCUT2D eigenvalue weighted by molar-refractivity contribution is -0.192. The van der Waals surface area contributed by atoms with Crippen LogP contribution >= 0.6 is 0 Å². The summed E-state index contributed by atoms with van der Waals surface area (Å²) < 4.78 is 49.2. The van der Waals surface area contributed by atoms with Gasteiger partial charge in [0.25, 0.3) is 5.91 Å². The molecule has 3 atom stereocenters. The molecule has 2 fully saturated rings. The molecule has 8 nitrogen and oxygen atoms in total. The van der Waals surface area contributed by atoms with Gasteiger partial charge in [-0.25, -0.2) is 9.78 Å². The number of ether oxygens (including phenoxy) is 2. The van der Waals surface area contributed by atoms with E-state index >= 15 is 0 Å². The normalized spacial score (nSPS) is 22.8. The number of nitrogens with zero attached hydrogens (tertiary/aromatic N) is 2. The molecule has 2 aliphatic rings. The molecule has 4 rings (SSSR count). The number of aromatic nitrogens is 1. The Morgan fingerprint density at radius 2 is 2.00 bits per heavy atom. The number of carbonyl (C=O) groups excluding carboxylic acids is 1. The van der Waals surface area contributed by atoms with E-state index in [1.165, 1.54) is 0 Å². The van der Waals surface area contributed by atoms with Gasteiger partial charge in [0.05, 0.1) is 12.6 Å². The molecule has 0 aliphatic carbocycles. The van der Waals surface area contributed by atoms with E-state index in [9.17, 15) is 18.0 Å². The van der Waals surface area contributed by atoms with Crippen molar-refractivity contribution < 1.29 is 41.8 Å². The first-order valence-corrected chi connectivity index (χ1v) is 9.53. The number of halogens is 3. The summed E-state index contributed by atoms with van der Waals surface area (Å²) in [5.74, 6) is -1.20. The van der Waals surface area contributed by atoms with Gasteiger partial charge in [-0.05, 0) is 38.0 Å². The average Bonchev–Trinajstić information content (AvgIpc) is 3.32. The molecule has 31 heavy (non-hydrogen) atoms. The molecule has 2 aromatic heterocycles. The van der Waals surface area contributed by atoms with Crippen molar-refractivity contribution in [2.75, 3.05) is 13.2 Å². The minimum atomic E-state index is -5.08. The van der Waals surface area contributed by atoms with Gasteiger partial charge >= 0.3 is 12.1 Å². The van der Waals surface area contributed by atoms with E-state index in [0.717, 1.165) is 18.6 Å². The predicted octanol–water partition coefficient (Wildman–Crippen LogP) is 3.07. The Morgan fingerprint density at radius 1 is 1.26 bits per heavy atom. The number of furan rings is 1. The minimum absolute atomic E-state index is 0.0189. The first kappa shape index (κ1) is 22.6. The topological polar surface area (TPSA) is 102 Å². The lowest BCUT2D eigenvalue weighted by Crippen LogP contribution is -2.44. The smallest absolute Gasteiger partial charge is 0.475 e. The number of carboxylic acid groups (broad SMARTS) is 1. The molecule has 0 saturated carbocycles. The highest BCUT2D eigenvalue weighted by Gasteiger charge is 2.48. The highest BCUT2D eigenvalue weighted by molar-refractivity contribution is 5.92. The van der Waals surface area contributed by atoms with Crippen molar-refractivity contribution in [1.82, 2.24) is 9.88 Å². The maximum Gasteiger partial charge on any atom is 0.490 e. The summed E-state index contributed by atoms with van der Waals surface area (Å²) >= 11 is 0. The number of carboxylic acids is 1. The molecule has 1 amide bonds. The molecule has 0 spiro atoms. The summed E-state index contributed by atoms with van der Waals surface area (Å²) in [6, 6.07) is 9.09. The number of amides is 1. The zero-order chi connectivity index (χ0) is 22.6. The maximum atomic E-state index is 12.8. The van der Waals surface area contributed by atoms with Crippen molar-refractivity contribution in [3.8, 4) is 5.88 Å². The van der Waals surface area contributed by atoms with Crippen molar-refractivity contribution in [2.45, 2.75) is 44.2 Å². The monoisotopic (exact) mass is 442 g/mol. The quantitative estimate of drug-likeness (QED) is 0.780. The molecule has 0 bridgehead atoms. The van der Waals surface area contributed by atoms with Crippen LogP contribution in [0.1, 0.15) is 29.2 Å². The number of aliphatic carboxylic acids is 1. The molecule has 2 saturated heterocycles. The Hall–Kier alpha value is -3.08. The predicted molar refractivity (Wildman–Crippen MR) is 99.6 cm³/mol. The van der Waals surface area contributed by atoms with Crippen LogP contribution in [0.5, 0.6) is 5.88 Å². The summed E-state index contributed by atoms with van der Waals surface area (Å²) in [6.07, 6.45) is -1.87. The summed E-state index contributed by atoms with van der Waals surface area (Å²) in [6.45, 7) is 3.01. The maximum absolute atomic E-state index is 12.8. The number of carbonyl (C=O) groups is 2. The molecule has 2 aromatic rings. The van der Waals surface area contributed by atoms with Gasteiger partial charge in [-0.3, -0.25) is 4.79 Å². The zero-order valence-electron chi connectivity index (χ0n) is 16.5. The largest absolute Gasteiger partial charge is 0.490 e. The van der Waals surface area contributed by atoms with Crippen LogP contribution in [0.15, 0.2) is 40.9 Å². The Labute approximate surface area is 175 Å². The summed E-state index contributed by atoms with van der Waals surface area (Å²) in [4.78, 5) is 27.8. The van der Waals surface area contributed by atoms with Crippen LogP contribution in [0.2, 0.25) is 0 Å². The van der Waals surface area contributed by atoms with Crippen LogP contribution in [0.4, 0.5) is 13.2 Å². The van der Waals surface area contributed by atoms with Gasteiger partial charge in [0, 0.05) is 18.9 Å². The Bertz CT molecular complexity index is 902. The lowest BCUT2D eigenvalue weighted by atomic mass is 10.0. The van der Waals surface area contributed by atoms with Gasteiger partial charge in [-0.2, -0.15) is 13.2 Å². The fourth-order valence-corrected chi connectivity index (χ4v) is 3.51. The summed E-state index contributed by atoms with van der Waals surface area (Å²) in [5, 5.41) is 7.12. The van der Waals surface area contributed by atoms with E-state index < -0.39 is 12.1 Å². The second-order valence-corrected chi connectivity index (χ2v) is 7.04. The molecule has 0 radical (unpaired) electrons. The van der Waals surface area contributed by atoms with Crippen LogP contribution < -0.4 is 4.74 Å². The Morgan fingerprint density at radius 3 is 2.58 bits per heavy atom. The van der Waals surface area contributed by atoms with Gasteiger partial charge in [0.1, 0.15) is 18.0 Å². The van der Waals surface area contributed by atoms with E-state index in [4.69, 9.17) is 23.8 Å². The number of rotatable bonds is 3. The Kier molecular flexibility index (Phi) is 6.84. The van der Waals surface area contributed by atoms with Gasteiger partial charge < -0.3 is 23.9 Å². The van der Waals surface area contributed by atoms with Gasteiger partial charge in [0.15, 0.2) is 5.76 Å². The third-order valence-corrected chi connectivity index (χ3v) is 4.84. The van der Waals surface area contributed by atoms with Crippen molar-refractivity contribution in [3.63, 3.8) is 0 Å². The van der Waals surface area contributed by atoms with Crippen LogP contribution in [-0.2, 0) is 9.53 Å². The molecule has 2 aliphatic heterocycles. The number of aryl methyl sites for hydroxylation is 1. The van der Waals surface area contributed by atoms with E-state index in [1.807, 2.05) is 30.0 Å². The fraction of sp³-hybridized carbons (Fsp3) is 0.450. The zero-order valence-corrected chi connectivity index (χ0v) is 16.5. The third kappa shape index (κ3) is 5.54. The SMILES string of the molecule is Cc1ccc(C(=O)N2C[C@@H](Oc3ccccn3)[C@H]3OCCC[C@H]32)o1.O=C(O)C(F)(F)F. The summed E-state index contributed by atoms with van der Waals surface area (Å²) in [7, 11) is 0. The van der Waals surface area contributed by atoms with E-state index in [-0.39, 0.29) is 24.2 Å². The average molecular weight is 442 g/mol. The Balaban J connectivity index is 0.000000339. The van der Waals surface area contributed by atoms with Crippen molar-refractivity contribution in [2.24, 2.45) is 0 Å². The number of likely N-dealkylation sites (tertiary alicyclic amines) is 1. The standard InChI is InChI=1S/C18H20N2O4.C2HF3O2/c1-12-7-8-14(23-12)18(21)20-11-15(17-13(20)5-4-10-22-17)24-16-6-2-3-9-19-16;3-2(4,5)1(6)7/h2-3,6-9,13,15,17H,4-5,10-11H2,1H3;(H,6,7)/t13-,15-,17+;/m1./s1. The number of pyridine rings is 1. The van der Waals surface area contributed by atoms with Crippen LogP contribution in [0, 0.1) is 6.92 Å².